The fourth-order valence-corrected chi connectivity index (χ4v) is 2.71. The monoisotopic (exact) mass is 342 g/mol. The number of fused-ring (bicyclic) bond motifs is 1. The van der Waals surface area contributed by atoms with Gasteiger partial charge in [-0.15, -0.1) is 0 Å². The van der Waals surface area contributed by atoms with Crippen molar-refractivity contribution >= 4 is 46.2 Å². The average Bonchev–Trinajstić information content (AvgIpc) is 2.46. The number of likely N-dealkylation sites (N-methyl/N-ethyl adjacent to an activating group) is 1. The van der Waals surface area contributed by atoms with E-state index in [4.69, 9.17) is 17.0 Å². The molecular weight excluding hydrogens is 328 g/mol. The Hall–Kier alpha value is -1.77. The Morgan fingerprint density at radius 3 is 2.91 bits per heavy atom. The number of hydrogen-bond donors (Lipinski definition) is 4. The molecule has 118 valence electrons. The molecule has 1 unspecified atom stereocenters. The standard InChI is InChI=1S/C13H15ClN4O3S/c1-3-22-11(15)17-10(19)13(21)8-6-7(14)4-5-9(8)16-12(20)18(13)2/h4-6,21H,3H2,1-2H3,(H,16,20)(H2,15,17,19). The lowest BCUT2D eigenvalue weighted by molar-refractivity contribution is -0.155. The third kappa shape index (κ3) is 2.77. The molecule has 0 bridgehead atoms. The fraction of sp³-hybridized carbons (Fsp3) is 0.308. The highest BCUT2D eigenvalue weighted by Gasteiger charge is 2.49. The minimum atomic E-state index is -2.25. The normalized spacial score (nSPS) is 20.2. The van der Waals surface area contributed by atoms with Crippen LogP contribution in [0.15, 0.2) is 18.2 Å². The van der Waals surface area contributed by atoms with E-state index in [1.807, 2.05) is 6.92 Å². The van der Waals surface area contributed by atoms with E-state index in [-0.39, 0.29) is 10.7 Å². The van der Waals surface area contributed by atoms with Gasteiger partial charge in [-0.3, -0.25) is 15.1 Å². The van der Waals surface area contributed by atoms with Gasteiger partial charge in [-0.2, -0.15) is 0 Å². The molecule has 22 heavy (non-hydrogen) atoms. The van der Waals surface area contributed by atoms with E-state index in [1.165, 1.54) is 19.2 Å². The van der Waals surface area contributed by atoms with Gasteiger partial charge < -0.3 is 15.7 Å². The smallest absolute Gasteiger partial charge is 0.324 e. The van der Waals surface area contributed by atoms with E-state index >= 15 is 0 Å². The summed E-state index contributed by atoms with van der Waals surface area (Å²) in [6, 6.07) is 3.82. The van der Waals surface area contributed by atoms with Crippen molar-refractivity contribution in [2.75, 3.05) is 18.1 Å². The van der Waals surface area contributed by atoms with Crippen LogP contribution in [0.1, 0.15) is 12.5 Å². The lowest BCUT2D eigenvalue weighted by Gasteiger charge is -2.40. The number of amides is 3. The summed E-state index contributed by atoms with van der Waals surface area (Å²) in [6.45, 7) is 1.83. The van der Waals surface area contributed by atoms with Gasteiger partial charge in [0.2, 0.25) is 0 Å². The summed E-state index contributed by atoms with van der Waals surface area (Å²) in [7, 11) is 1.29. The van der Waals surface area contributed by atoms with Crippen LogP contribution >= 0.6 is 23.4 Å². The zero-order chi connectivity index (χ0) is 16.5. The first kappa shape index (κ1) is 16.6. The Bertz CT molecular complexity index is 654. The molecule has 2 rings (SSSR count). The molecule has 0 aliphatic carbocycles. The Morgan fingerprint density at radius 2 is 2.27 bits per heavy atom. The molecule has 1 aliphatic heterocycles. The van der Waals surface area contributed by atoms with Gasteiger partial charge in [0, 0.05) is 17.6 Å². The van der Waals surface area contributed by atoms with Gasteiger partial charge in [0.25, 0.3) is 11.6 Å². The van der Waals surface area contributed by atoms with Gasteiger partial charge in [-0.1, -0.05) is 30.3 Å². The molecule has 0 aromatic heterocycles. The lowest BCUT2D eigenvalue weighted by atomic mass is 9.96. The molecule has 9 heteroatoms. The Balaban J connectivity index is 2.46. The number of thioether (sulfide) groups is 1. The number of nitrogens with one attached hydrogen (secondary N) is 3. The molecule has 1 aromatic carbocycles. The van der Waals surface area contributed by atoms with Gasteiger partial charge >= 0.3 is 6.03 Å². The number of urea groups is 1. The summed E-state index contributed by atoms with van der Waals surface area (Å²) in [6.07, 6.45) is 0. The number of hydrogen-bond acceptors (Lipinski definition) is 5. The Labute approximate surface area is 136 Å². The minimum absolute atomic E-state index is 0.108. The predicted octanol–water partition coefficient (Wildman–Crippen LogP) is 1.77. The Kier molecular flexibility index (Phi) is 4.64. The number of nitrogens with zero attached hydrogens (tertiary/aromatic N) is 1. The second-order valence-corrected chi connectivity index (χ2v) is 6.28. The first-order valence-corrected chi connectivity index (χ1v) is 7.77. The second-order valence-electron chi connectivity index (χ2n) is 4.57. The molecule has 1 aromatic rings. The summed E-state index contributed by atoms with van der Waals surface area (Å²) in [5, 5.41) is 23.6. The number of halogens is 1. The van der Waals surface area contributed by atoms with Crippen molar-refractivity contribution in [3.05, 3.63) is 28.8 Å². The molecule has 0 saturated heterocycles. The van der Waals surface area contributed by atoms with Gasteiger partial charge in [0.1, 0.15) is 0 Å². The van der Waals surface area contributed by atoms with Crippen molar-refractivity contribution in [3.63, 3.8) is 0 Å². The highest BCUT2D eigenvalue weighted by atomic mass is 35.5. The topological polar surface area (TPSA) is 106 Å². The molecule has 4 N–H and O–H groups in total. The molecule has 1 heterocycles. The molecule has 3 amide bonds. The number of benzene rings is 1. The quantitative estimate of drug-likeness (QED) is 0.485. The van der Waals surface area contributed by atoms with Gasteiger partial charge in [-0.25, -0.2) is 4.79 Å². The first-order valence-electron chi connectivity index (χ1n) is 6.40. The van der Waals surface area contributed by atoms with Crippen molar-refractivity contribution in [3.8, 4) is 0 Å². The van der Waals surface area contributed by atoms with E-state index in [2.05, 4.69) is 10.6 Å². The molecule has 7 nitrogen and oxygen atoms in total. The van der Waals surface area contributed by atoms with Crippen molar-refractivity contribution in [1.82, 2.24) is 10.2 Å². The van der Waals surface area contributed by atoms with Gasteiger partial charge in [0.05, 0.1) is 5.69 Å². The number of aliphatic hydroxyl groups is 1. The zero-order valence-electron chi connectivity index (χ0n) is 11.9. The third-order valence-corrected chi connectivity index (χ3v) is 4.14. The number of anilines is 1. The summed E-state index contributed by atoms with van der Waals surface area (Å²) >= 11 is 7.03. The average molecular weight is 343 g/mol. The van der Waals surface area contributed by atoms with Crippen molar-refractivity contribution in [2.45, 2.75) is 12.6 Å². The van der Waals surface area contributed by atoms with E-state index in [0.29, 0.717) is 16.5 Å². The van der Waals surface area contributed by atoms with Crippen LogP contribution in [0.5, 0.6) is 0 Å². The van der Waals surface area contributed by atoms with Crippen LogP contribution in [-0.2, 0) is 10.5 Å². The molecule has 0 fully saturated rings. The SMILES string of the molecule is CCSC(=N)NC(=O)C1(O)c2cc(Cl)ccc2NC(=O)N1C. The lowest BCUT2D eigenvalue weighted by Crippen LogP contribution is -2.61. The molecular formula is C13H15ClN4O3S. The maximum atomic E-state index is 12.5. The van der Waals surface area contributed by atoms with Crippen LogP contribution in [0.25, 0.3) is 0 Å². The van der Waals surface area contributed by atoms with Crippen LogP contribution in [-0.4, -0.2) is 39.9 Å². The molecule has 1 atom stereocenters. The number of carbonyl (C=O) groups excluding carboxylic acids is 2. The van der Waals surface area contributed by atoms with Crippen LogP contribution in [0.3, 0.4) is 0 Å². The highest BCUT2D eigenvalue weighted by molar-refractivity contribution is 8.13. The number of carbonyl (C=O) groups is 2. The second kappa shape index (κ2) is 6.15. The zero-order valence-corrected chi connectivity index (χ0v) is 13.5. The molecule has 0 spiro atoms. The molecule has 0 radical (unpaired) electrons. The van der Waals surface area contributed by atoms with Crippen LogP contribution in [0, 0.1) is 5.41 Å². The minimum Gasteiger partial charge on any atom is -0.359 e. The molecule has 0 saturated carbocycles. The third-order valence-electron chi connectivity index (χ3n) is 3.22. The first-order chi connectivity index (χ1) is 10.3. The van der Waals surface area contributed by atoms with Crippen LogP contribution < -0.4 is 10.6 Å². The summed E-state index contributed by atoms with van der Waals surface area (Å²) in [5.74, 6) is -0.296. The Morgan fingerprint density at radius 1 is 1.59 bits per heavy atom. The van der Waals surface area contributed by atoms with Crippen LogP contribution in [0.4, 0.5) is 10.5 Å². The summed E-state index contributed by atoms with van der Waals surface area (Å²) < 4.78 is 0. The summed E-state index contributed by atoms with van der Waals surface area (Å²) in [4.78, 5) is 25.3. The fourth-order valence-electron chi connectivity index (χ4n) is 2.09. The van der Waals surface area contributed by atoms with Gasteiger partial charge in [-0.05, 0) is 24.0 Å². The summed E-state index contributed by atoms with van der Waals surface area (Å²) in [5.41, 5.74) is -1.81. The van der Waals surface area contributed by atoms with Gasteiger partial charge in [0.15, 0.2) is 5.17 Å². The van der Waals surface area contributed by atoms with E-state index in [1.54, 1.807) is 6.07 Å². The van der Waals surface area contributed by atoms with E-state index < -0.39 is 17.7 Å². The van der Waals surface area contributed by atoms with Crippen molar-refractivity contribution < 1.29 is 14.7 Å². The maximum absolute atomic E-state index is 12.5. The van der Waals surface area contributed by atoms with Crippen molar-refractivity contribution in [2.24, 2.45) is 0 Å². The maximum Gasteiger partial charge on any atom is 0.324 e. The van der Waals surface area contributed by atoms with E-state index in [0.717, 1.165) is 16.7 Å². The number of amidine groups is 1. The highest BCUT2D eigenvalue weighted by Crippen LogP contribution is 2.37. The van der Waals surface area contributed by atoms with E-state index in [9.17, 15) is 14.7 Å². The van der Waals surface area contributed by atoms with Crippen LogP contribution in [0.2, 0.25) is 5.02 Å². The molecule has 1 aliphatic rings. The largest absolute Gasteiger partial charge is 0.359 e. The predicted molar refractivity (Wildman–Crippen MR) is 86.1 cm³/mol. The number of rotatable bonds is 2. The van der Waals surface area contributed by atoms with Crippen molar-refractivity contribution in [1.29, 1.82) is 5.41 Å².